The summed E-state index contributed by atoms with van der Waals surface area (Å²) in [4.78, 5) is 49.1. The van der Waals surface area contributed by atoms with Crippen molar-refractivity contribution in [3.63, 3.8) is 0 Å². The van der Waals surface area contributed by atoms with E-state index < -0.39 is 23.7 Å². The molecule has 54 heavy (non-hydrogen) atoms. The molecule has 14 nitrogen and oxygen atoms in total. The second-order valence-electron chi connectivity index (χ2n) is 14.0. The number of pyridine rings is 1. The molecule has 0 aliphatic carbocycles. The minimum atomic E-state index is -1.27. The van der Waals surface area contributed by atoms with E-state index in [0.29, 0.717) is 22.7 Å². The number of aromatic nitrogens is 5. The van der Waals surface area contributed by atoms with Crippen molar-refractivity contribution in [1.29, 1.82) is 0 Å². The first kappa shape index (κ1) is 39.3. The third-order valence-corrected chi connectivity index (χ3v) is 8.66. The number of carbonyl (C=O) groups is 2. The fourth-order valence-corrected chi connectivity index (χ4v) is 6.04. The summed E-state index contributed by atoms with van der Waals surface area (Å²) in [5.41, 5.74) is 2.81. The van der Waals surface area contributed by atoms with Crippen molar-refractivity contribution in [2.24, 2.45) is 0 Å². The lowest BCUT2D eigenvalue weighted by atomic mass is 9.91. The van der Waals surface area contributed by atoms with E-state index in [1.54, 1.807) is 34.1 Å². The number of rotatable bonds is 12. The van der Waals surface area contributed by atoms with E-state index in [4.69, 9.17) is 25.8 Å². The number of nitrogens with zero attached hydrogens (tertiary/aromatic N) is 6. The summed E-state index contributed by atoms with van der Waals surface area (Å²) >= 11 is 6.53. The summed E-state index contributed by atoms with van der Waals surface area (Å²) in [6.07, 6.45) is 2.40. The van der Waals surface area contributed by atoms with Crippen molar-refractivity contribution in [2.45, 2.75) is 65.6 Å². The van der Waals surface area contributed by atoms with Crippen LogP contribution in [-0.2, 0) is 11.3 Å². The summed E-state index contributed by atoms with van der Waals surface area (Å²) in [5.74, 6) is -0.835. The third-order valence-electron chi connectivity index (χ3n) is 8.39. The zero-order chi connectivity index (χ0) is 39.5. The number of hydrogen-bond acceptors (Lipinski definition) is 10. The van der Waals surface area contributed by atoms with Crippen LogP contribution < -0.4 is 25.2 Å². The van der Waals surface area contributed by atoms with E-state index in [1.165, 1.54) is 35.7 Å². The molecule has 2 N–H and O–H groups in total. The molecule has 2 aromatic carbocycles. The highest BCUT2D eigenvalue weighted by Gasteiger charge is 2.33. The zero-order valence-electron chi connectivity index (χ0n) is 31.7. The van der Waals surface area contributed by atoms with Gasteiger partial charge in [0.1, 0.15) is 22.1 Å². The average Bonchev–Trinajstić information content (AvgIpc) is 3.53. The van der Waals surface area contributed by atoms with Gasteiger partial charge in [-0.05, 0) is 62.9 Å². The molecule has 0 fully saturated rings. The molecular weight excluding hydrogens is 714 g/mol. The van der Waals surface area contributed by atoms with E-state index in [1.807, 2.05) is 69.3 Å². The third kappa shape index (κ3) is 8.66. The van der Waals surface area contributed by atoms with Crippen molar-refractivity contribution < 1.29 is 28.9 Å². The van der Waals surface area contributed by atoms with Crippen LogP contribution in [0, 0.1) is 6.92 Å². The van der Waals surface area contributed by atoms with Crippen LogP contribution in [0.25, 0.3) is 5.69 Å². The molecule has 0 saturated carbocycles. The maximum absolute atomic E-state index is 13.2. The number of ether oxygens (including phenoxy) is 3. The van der Waals surface area contributed by atoms with Crippen LogP contribution in [0.2, 0.25) is 5.02 Å². The van der Waals surface area contributed by atoms with Gasteiger partial charge in [-0.3, -0.25) is 4.79 Å². The summed E-state index contributed by atoms with van der Waals surface area (Å²) in [6.45, 7) is 11.3. The fraction of sp³-hybridized carbons (Fsp3) is 0.333. The van der Waals surface area contributed by atoms with Crippen LogP contribution in [0.4, 0.5) is 16.4 Å². The molecule has 0 radical (unpaired) electrons. The maximum atomic E-state index is 13.2. The van der Waals surface area contributed by atoms with Gasteiger partial charge in [0, 0.05) is 18.8 Å². The molecule has 3 heterocycles. The van der Waals surface area contributed by atoms with Gasteiger partial charge in [-0.1, -0.05) is 67.4 Å². The number of halogens is 1. The number of aryl methyl sites for hydroxylation is 1. The average molecular weight is 758 g/mol. The molecule has 15 heteroatoms. The molecule has 284 valence electrons. The smallest absolute Gasteiger partial charge is 0.416 e. The SMILES string of the molecule is COc1ccc(Cn2cc(NC(c3ccc(C)cc3)c3c(C(=O)O)nn(-c4cnc(N(C)C(=O)OC(C)(C)C)nc4OC)c3C(C)C)cc(Cl)c2=O)cc1. The number of methoxy groups -OCH3 is 2. The number of nitrogens with one attached hydrogen (secondary N) is 1. The summed E-state index contributed by atoms with van der Waals surface area (Å²) in [5, 5.41) is 18.7. The van der Waals surface area contributed by atoms with Crippen molar-refractivity contribution in [3.8, 4) is 17.3 Å². The number of anilines is 2. The standard InChI is InChI=1S/C39H44ClN7O7/c1-22(2)33-30(32(36(49)50)44-47(33)29-19-41-37(43-34(29)53-9)45(7)38(51)54-39(4,5)6)31(25-14-10-23(3)11-15-25)42-26-18-28(40)35(48)46(21-26)20-24-12-16-27(52-8)17-13-24/h10-19,21-22,31,42H,20H2,1-9H3,(H,49,50). The summed E-state index contributed by atoms with van der Waals surface area (Å²) in [6, 6.07) is 15.7. The quantitative estimate of drug-likeness (QED) is 0.132. The van der Waals surface area contributed by atoms with E-state index in [0.717, 1.165) is 21.6 Å². The van der Waals surface area contributed by atoms with Gasteiger partial charge in [-0.2, -0.15) is 10.1 Å². The van der Waals surface area contributed by atoms with E-state index >= 15 is 0 Å². The molecule has 0 spiro atoms. The molecule has 5 rings (SSSR count). The van der Waals surface area contributed by atoms with E-state index in [2.05, 4.69) is 20.4 Å². The second kappa shape index (κ2) is 16.0. The summed E-state index contributed by atoms with van der Waals surface area (Å²) < 4.78 is 19.3. The highest BCUT2D eigenvalue weighted by molar-refractivity contribution is 6.30. The van der Waals surface area contributed by atoms with Crippen molar-refractivity contribution in [1.82, 2.24) is 24.3 Å². The molecule has 1 amide bonds. The Morgan fingerprint density at radius 2 is 1.70 bits per heavy atom. The topological polar surface area (TPSA) is 163 Å². The minimum absolute atomic E-state index is 0.00243. The summed E-state index contributed by atoms with van der Waals surface area (Å²) in [7, 11) is 4.46. The number of carboxylic acid groups (broad SMARTS) is 1. The van der Waals surface area contributed by atoms with E-state index in [-0.39, 0.29) is 46.3 Å². The normalized spacial score (nSPS) is 12.0. The highest BCUT2D eigenvalue weighted by atomic mass is 35.5. The Morgan fingerprint density at radius 1 is 1.04 bits per heavy atom. The molecule has 1 unspecified atom stereocenters. The molecule has 5 aromatic rings. The van der Waals surface area contributed by atoms with Gasteiger partial charge >= 0.3 is 12.1 Å². The van der Waals surface area contributed by atoms with Gasteiger partial charge in [0.15, 0.2) is 5.69 Å². The number of carboxylic acids is 1. The van der Waals surface area contributed by atoms with Gasteiger partial charge in [0.2, 0.25) is 11.8 Å². The van der Waals surface area contributed by atoms with Crippen LogP contribution in [0.3, 0.4) is 0 Å². The van der Waals surface area contributed by atoms with Gasteiger partial charge in [-0.15, -0.1) is 0 Å². The van der Waals surface area contributed by atoms with Gasteiger partial charge < -0.3 is 29.2 Å². The highest BCUT2D eigenvalue weighted by Crippen LogP contribution is 2.38. The minimum Gasteiger partial charge on any atom is -0.497 e. The molecule has 0 aliphatic rings. The fourth-order valence-electron chi connectivity index (χ4n) is 5.82. The number of aromatic carboxylic acids is 1. The van der Waals surface area contributed by atoms with Crippen molar-refractivity contribution in [2.75, 3.05) is 31.5 Å². The first-order valence-corrected chi connectivity index (χ1v) is 17.5. The number of hydrogen-bond donors (Lipinski definition) is 2. The molecule has 1 atom stereocenters. The first-order valence-electron chi connectivity index (χ1n) is 17.1. The van der Waals surface area contributed by atoms with Crippen molar-refractivity contribution in [3.05, 3.63) is 116 Å². The van der Waals surface area contributed by atoms with Gasteiger partial charge in [-0.25, -0.2) is 24.2 Å². The van der Waals surface area contributed by atoms with Crippen LogP contribution >= 0.6 is 11.6 Å². The van der Waals surface area contributed by atoms with Crippen LogP contribution in [-0.4, -0.2) is 68.4 Å². The van der Waals surface area contributed by atoms with E-state index in [9.17, 15) is 19.5 Å². The van der Waals surface area contributed by atoms with Crippen LogP contribution in [0.5, 0.6) is 11.6 Å². The number of amides is 1. The predicted molar refractivity (Wildman–Crippen MR) is 206 cm³/mol. The predicted octanol–water partition coefficient (Wildman–Crippen LogP) is 7.25. The van der Waals surface area contributed by atoms with Crippen LogP contribution in [0.15, 0.2) is 71.8 Å². The largest absolute Gasteiger partial charge is 0.497 e. The Labute approximate surface area is 318 Å². The molecular formula is C39H44ClN7O7. The Bertz CT molecular complexity index is 2210. The lowest BCUT2D eigenvalue weighted by Gasteiger charge is -2.25. The Morgan fingerprint density at radius 3 is 2.28 bits per heavy atom. The second-order valence-corrected chi connectivity index (χ2v) is 14.4. The Kier molecular flexibility index (Phi) is 11.7. The van der Waals surface area contributed by atoms with Crippen molar-refractivity contribution >= 4 is 35.3 Å². The molecule has 0 bridgehead atoms. The molecule has 3 aromatic heterocycles. The first-order chi connectivity index (χ1) is 25.5. The maximum Gasteiger partial charge on any atom is 0.416 e. The molecule has 0 saturated heterocycles. The zero-order valence-corrected chi connectivity index (χ0v) is 32.4. The monoisotopic (exact) mass is 757 g/mol. The molecule has 0 aliphatic heterocycles. The number of carbonyl (C=O) groups excluding carboxylic acids is 1. The Balaban J connectivity index is 1.66. The van der Waals surface area contributed by atoms with Gasteiger partial charge in [0.05, 0.1) is 44.4 Å². The van der Waals surface area contributed by atoms with Gasteiger partial charge in [0.25, 0.3) is 5.56 Å². The Hall–Kier alpha value is -5.89. The van der Waals surface area contributed by atoms with Crippen LogP contribution in [0.1, 0.15) is 85.0 Å². The lowest BCUT2D eigenvalue weighted by molar-refractivity contribution is 0.0586. The number of benzene rings is 2. The lowest BCUT2D eigenvalue weighted by Crippen LogP contribution is -2.35.